The molecule has 0 aliphatic carbocycles. The van der Waals surface area contributed by atoms with Gasteiger partial charge in [0.1, 0.15) is 4.87 Å². The number of thioether (sulfide) groups is 1. The van der Waals surface area contributed by atoms with E-state index in [0.29, 0.717) is 13.1 Å². The normalized spacial score (nSPS) is 22.8. The van der Waals surface area contributed by atoms with E-state index in [1.807, 2.05) is 42.3 Å². The zero-order chi connectivity index (χ0) is 12.8. The Hall–Kier alpha value is -0.710. The highest BCUT2D eigenvalue weighted by Gasteiger charge is 2.54. The van der Waals surface area contributed by atoms with Gasteiger partial charge in [-0.25, -0.2) is 0 Å². The van der Waals surface area contributed by atoms with Gasteiger partial charge in [0.25, 0.3) is 0 Å². The van der Waals surface area contributed by atoms with Crippen LogP contribution in [0.2, 0.25) is 0 Å². The van der Waals surface area contributed by atoms with Gasteiger partial charge >= 0.3 is 0 Å². The number of carbonyl (C=O) groups excluding carboxylic acids is 2. The molecular weight excluding hydrogens is 236 g/mol. The Kier molecular flexibility index (Phi) is 2.92. The van der Waals surface area contributed by atoms with Crippen molar-refractivity contribution in [2.45, 2.75) is 32.6 Å². The summed E-state index contributed by atoms with van der Waals surface area (Å²) in [5, 5.41) is 0. The number of likely N-dealkylation sites (tertiary alicyclic amines) is 1. The van der Waals surface area contributed by atoms with Crippen molar-refractivity contribution in [2.24, 2.45) is 5.41 Å². The summed E-state index contributed by atoms with van der Waals surface area (Å²) >= 11 is 1.81. The third kappa shape index (κ3) is 2.05. The summed E-state index contributed by atoms with van der Waals surface area (Å²) in [4.78, 5) is 27.3. The Labute approximate surface area is 107 Å². The largest absolute Gasteiger partial charge is 0.336 e. The van der Waals surface area contributed by atoms with E-state index in [4.69, 9.17) is 0 Å². The van der Waals surface area contributed by atoms with Gasteiger partial charge in [0, 0.05) is 24.6 Å². The molecule has 2 heterocycles. The van der Waals surface area contributed by atoms with Crippen molar-refractivity contribution in [1.82, 2.24) is 9.80 Å². The second kappa shape index (κ2) is 3.90. The molecular formula is C12H20N2O2S. The van der Waals surface area contributed by atoms with Crippen LogP contribution in [0.5, 0.6) is 0 Å². The summed E-state index contributed by atoms with van der Waals surface area (Å²) in [6.07, 6.45) is 0. The molecule has 96 valence electrons. The quantitative estimate of drug-likeness (QED) is 0.653. The fourth-order valence-electron chi connectivity index (χ4n) is 2.48. The Balaban J connectivity index is 2.02. The lowest BCUT2D eigenvalue weighted by molar-refractivity contribution is -0.153. The van der Waals surface area contributed by atoms with Crippen LogP contribution in [-0.4, -0.2) is 51.9 Å². The molecule has 2 saturated heterocycles. The summed E-state index contributed by atoms with van der Waals surface area (Å²) in [5.74, 6) is 1.29. The fourth-order valence-corrected chi connectivity index (χ4v) is 4.01. The zero-order valence-corrected chi connectivity index (χ0v) is 11.8. The van der Waals surface area contributed by atoms with Crippen LogP contribution in [-0.2, 0) is 9.59 Å². The number of hydrogen-bond donors (Lipinski definition) is 0. The fraction of sp³-hybridized carbons (Fsp3) is 0.833. The van der Waals surface area contributed by atoms with Crippen LogP contribution in [0.3, 0.4) is 0 Å². The maximum atomic E-state index is 12.1. The van der Waals surface area contributed by atoms with Crippen LogP contribution in [0.1, 0.15) is 27.7 Å². The molecule has 4 nitrogen and oxygen atoms in total. The number of rotatable bonds is 0. The van der Waals surface area contributed by atoms with Crippen molar-refractivity contribution in [1.29, 1.82) is 0 Å². The van der Waals surface area contributed by atoms with Crippen molar-refractivity contribution >= 4 is 23.6 Å². The lowest BCUT2D eigenvalue weighted by atomic mass is 9.91. The number of nitrogens with zero attached hydrogens (tertiary/aromatic N) is 2. The molecule has 0 aromatic heterocycles. The van der Waals surface area contributed by atoms with Gasteiger partial charge in [0.05, 0.1) is 13.1 Å². The molecule has 0 aromatic rings. The molecule has 0 unspecified atom stereocenters. The van der Waals surface area contributed by atoms with Gasteiger partial charge in [0.15, 0.2) is 0 Å². The Bertz CT molecular complexity index is 356. The molecule has 17 heavy (non-hydrogen) atoms. The van der Waals surface area contributed by atoms with Crippen LogP contribution in [0.4, 0.5) is 0 Å². The number of amides is 2. The summed E-state index contributed by atoms with van der Waals surface area (Å²) in [7, 11) is 0. The van der Waals surface area contributed by atoms with Gasteiger partial charge in [-0.2, -0.15) is 0 Å². The molecule has 2 aliphatic rings. The van der Waals surface area contributed by atoms with Crippen molar-refractivity contribution in [2.75, 3.05) is 25.4 Å². The van der Waals surface area contributed by atoms with Crippen LogP contribution < -0.4 is 0 Å². The van der Waals surface area contributed by atoms with Crippen LogP contribution >= 0.6 is 11.8 Å². The molecule has 0 aromatic carbocycles. The smallest absolute Gasteiger partial charge is 0.228 e. The minimum Gasteiger partial charge on any atom is -0.336 e. The summed E-state index contributed by atoms with van der Waals surface area (Å²) < 4.78 is 0. The highest BCUT2D eigenvalue weighted by molar-refractivity contribution is 8.01. The Morgan fingerprint density at radius 3 is 2.29 bits per heavy atom. The van der Waals surface area contributed by atoms with Gasteiger partial charge in [-0.05, 0) is 0 Å². The first kappa shape index (κ1) is 12.7. The van der Waals surface area contributed by atoms with E-state index in [1.165, 1.54) is 0 Å². The average molecular weight is 256 g/mol. The summed E-state index contributed by atoms with van der Waals surface area (Å²) in [5.41, 5.74) is -0.327. The molecule has 0 bridgehead atoms. The monoisotopic (exact) mass is 256 g/mol. The first-order chi connectivity index (χ1) is 7.76. The lowest BCUT2D eigenvalue weighted by Gasteiger charge is -2.52. The minimum atomic E-state index is -0.327. The van der Waals surface area contributed by atoms with E-state index in [-0.39, 0.29) is 22.1 Å². The predicted molar refractivity (Wildman–Crippen MR) is 68.6 cm³/mol. The SMILES string of the molecule is CC(=O)N1CCSC12CN(C(=O)C(C)(C)C)C2. The van der Waals surface area contributed by atoms with Crippen molar-refractivity contribution in [3.63, 3.8) is 0 Å². The second-order valence-electron chi connectivity index (χ2n) is 5.88. The molecule has 1 spiro atoms. The first-order valence-electron chi connectivity index (χ1n) is 5.98. The maximum Gasteiger partial charge on any atom is 0.228 e. The van der Waals surface area contributed by atoms with Gasteiger partial charge in [-0.3, -0.25) is 9.59 Å². The zero-order valence-electron chi connectivity index (χ0n) is 10.9. The molecule has 2 aliphatic heterocycles. The van der Waals surface area contributed by atoms with E-state index < -0.39 is 0 Å². The van der Waals surface area contributed by atoms with E-state index in [0.717, 1.165) is 12.3 Å². The molecule has 5 heteroatoms. The average Bonchev–Trinajstić information content (AvgIpc) is 2.56. The molecule has 2 fully saturated rings. The van der Waals surface area contributed by atoms with E-state index >= 15 is 0 Å². The first-order valence-corrected chi connectivity index (χ1v) is 6.96. The summed E-state index contributed by atoms with van der Waals surface area (Å²) in [6.45, 7) is 9.61. The van der Waals surface area contributed by atoms with Gasteiger partial charge in [0.2, 0.25) is 11.8 Å². The Morgan fingerprint density at radius 1 is 1.24 bits per heavy atom. The Morgan fingerprint density at radius 2 is 1.82 bits per heavy atom. The standard InChI is InChI=1S/C12H20N2O2S/c1-9(15)14-5-6-17-12(14)7-13(8-12)10(16)11(2,3)4/h5-8H2,1-4H3. The molecule has 2 rings (SSSR count). The summed E-state index contributed by atoms with van der Waals surface area (Å²) in [6, 6.07) is 0. The maximum absolute atomic E-state index is 12.1. The van der Waals surface area contributed by atoms with E-state index in [1.54, 1.807) is 6.92 Å². The molecule has 0 radical (unpaired) electrons. The van der Waals surface area contributed by atoms with Crippen LogP contribution in [0, 0.1) is 5.41 Å². The lowest BCUT2D eigenvalue weighted by Crippen LogP contribution is -2.69. The van der Waals surface area contributed by atoms with E-state index in [2.05, 4.69) is 0 Å². The van der Waals surface area contributed by atoms with Crippen molar-refractivity contribution in [3.05, 3.63) is 0 Å². The molecule has 0 saturated carbocycles. The highest BCUT2D eigenvalue weighted by atomic mass is 32.2. The van der Waals surface area contributed by atoms with Crippen LogP contribution in [0.15, 0.2) is 0 Å². The van der Waals surface area contributed by atoms with E-state index in [9.17, 15) is 9.59 Å². The minimum absolute atomic E-state index is 0.118. The highest BCUT2D eigenvalue weighted by Crippen LogP contribution is 2.44. The third-order valence-corrected chi connectivity index (χ3v) is 4.76. The van der Waals surface area contributed by atoms with Crippen molar-refractivity contribution < 1.29 is 9.59 Å². The third-order valence-electron chi connectivity index (χ3n) is 3.36. The topological polar surface area (TPSA) is 40.6 Å². The predicted octanol–water partition coefficient (Wildman–Crippen LogP) is 1.17. The number of carbonyl (C=O) groups is 2. The van der Waals surface area contributed by atoms with Gasteiger partial charge in [-0.1, -0.05) is 20.8 Å². The molecule has 0 atom stereocenters. The van der Waals surface area contributed by atoms with Crippen LogP contribution in [0.25, 0.3) is 0 Å². The number of hydrogen-bond acceptors (Lipinski definition) is 3. The van der Waals surface area contributed by atoms with Gasteiger partial charge in [-0.15, -0.1) is 11.8 Å². The van der Waals surface area contributed by atoms with Gasteiger partial charge < -0.3 is 9.80 Å². The molecule has 2 amide bonds. The second-order valence-corrected chi connectivity index (χ2v) is 7.33. The van der Waals surface area contributed by atoms with Crippen molar-refractivity contribution in [3.8, 4) is 0 Å². The molecule has 0 N–H and O–H groups in total.